The van der Waals surface area contributed by atoms with Crippen molar-refractivity contribution in [3.8, 4) is 0 Å². The van der Waals surface area contributed by atoms with Crippen molar-refractivity contribution < 1.29 is 23.9 Å². The molecule has 0 radical (unpaired) electrons. The normalized spacial score (nSPS) is 23.0. The third kappa shape index (κ3) is 3.87. The molecule has 2 rings (SSSR count). The van der Waals surface area contributed by atoms with Crippen LogP contribution in [0.5, 0.6) is 0 Å². The van der Waals surface area contributed by atoms with E-state index in [1.807, 2.05) is 6.92 Å². The number of ketones is 1. The monoisotopic (exact) mass is 366 g/mol. The minimum atomic E-state index is -1.09. The Morgan fingerprint density at radius 3 is 2.36 bits per heavy atom. The fourth-order valence-electron chi connectivity index (χ4n) is 3.56. The molecule has 5 nitrogen and oxygen atoms in total. The van der Waals surface area contributed by atoms with Crippen molar-refractivity contribution in [2.24, 2.45) is 17.8 Å². The van der Waals surface area contributed by atoms with Crippen molar-refractivity contribution in [1.82, 2.24) is 0 Å². The summed E-state index contributed by atoms with van der Waals surface area (Å²) in [5, 5.41) is 0.536. The second kappa shape index (κ2) is 7.56. The number of rotatable bonds is 6. The molecule has 0 aliphatic carbocycles. The number of benzene rings is 1. The summed E-state index contributed by atoms with van der Waals surface area (Å²) in [4.78, 5) is 37.6. The topological polar surface area (TPSA) is 69.7 Å². The highest BCUT2D eigenvalue weighted by Gasteiger charge is 2.58. The SMILES string of the molecule is CCOC(=O)[C@H]1C(=O)OC(C)(C)[C@@H]1[C@H](CC)C(=O)c1ccc(Cl)cc1. The van der Waals surface area contributed by atoms with E-state index in [2.05, 4.69) is 0 Å². The lowest BCUT2D eigenvalue weighted by atomic mass is 9.70. The lowest BCUT2D eigenvalue weighted by Crippen LogP contribution is -2.42. The molecule has 1 aromatic carbocycles. The smallest absolute Gasteiger partial charge is 0.321 e. The minimum absolute atomic E-state index is 0.134. The van der Waals surface area contributed by atoms with Gasteiger partial charge in [-0.3, -0.25) is 14.4 Å². The van der Waals surface area contributed by atoms with Gasteiger partial charge in [-0.15, -0.1) is 0 Å². The second-order valence-electron chi connectivity index (χ2n) is 6.67. The first-order valence-corrected chi connectivity index (χ1v) is 8.80. The highest BCUT2D eigenvalue weighted by atomic mass is 35.5. The number of carbonyl (C=O) groups is 3. The van der Waals surface area contributed by atoms with Crippen LogP contribution in [0.25, 0.3) is 0 Å². The van der Waals surface area contributed by atoms with Crippen LogP contribution in [-0.4, -0.2) is 29.9 Å². The summed E-state index contributed by atoms with van der Waals surface area (Å²) in [7, 11) is 0. The van der Waals surface area contributed by atoms with Gasteiger partial charge < -0.3 is 9.47 Å². The fourth-order valence-corrected chi connectivity index (χ4v) is 3.69. The van der Waals surface area contributed by atoms with E-state index in [0.29, 0.717) is 17.0 Å². The Morgan fingerprint density at radius 1 is 1.24 bits per heavy atom. The Kier molecular flexibility index (Phi) is 5.88. The number of halogens is 1. The lowest BCUT2D eigenvalue weighted by Gasteiger charge is -2.32. The molecule has 0 aromatic heterocycles. The molecule has 0 N–H and O–H groups in total. The van der Waals surface area contributed by atoms with Gasteiger partial charge in [0, 0.05) is 22.4 Å². The van der Waals surface area contributed by atoms with Crippen molar-refractivity contribution >= 4 is 29.3 Å². The van der Waals surface area contributed by atoms with Gasteiger partial charge in [-0.1, -0.05) is 18.5 Å². The van der Waals surface area contributed by atoms with Crippen LogP contribution in [0.1, 0.15) is 44.5 Å². The molecular weight excluding hydrogens is 344 g/mol. The Bertz CT molecular complexity index is 665. The Hall–Kier alpha value is -1.88. The molecule has 1 aliphatic rings. The zero-order valence-electron chi connectivity index (χ0n) is 14.9. The molecule has 1 heterocycles. The summed E-state index contributed by atoms with van der Waals surface area (Å²) in [5.74, 6) is -3.62. The molecular formula is C19H23ClO5. The Morgan fingerprint density at radius 2 is 1.84 bits per heavy atom. The highest BCUT2D eigenvalue weighted by molar-refractivity contribution is 6.30. The van der Waals surface area contributed by atoms with Gasteiger partial charge in [0.1, 0.15) is 5.60 Å². The van der Waals surface area contributed by atoms with Crippen molar-refractivity contribution in [2.45, 2.75) is 39.7 Å². The maximum Gasteiger partial charge on any atom is 0.321 e. The van der Waals surface area contributed by atoms with Crippen molar-refractivity contribution in [3.63, 3.8) is 0 Å². The van der Waals surface area contributed by atoms with Gasteiger partial charge in [-0.25, -0.2) is 0 Å². The molecule has 0 bridgehead atoms. The first kappa shape index (κ1) is 19.4. The number of hydrogen-bond donors (Lipinski definition) is 0. The first-order valence-electron chi connectivity index (χ1n) is 8.42. The third-order valence-corrected chi connectivity index (χ3v) is 4.91. The maximum absolute atomic E-state index is 13.0. The summed E-state index contributed by atoms with van der Waals surface area (Å²) >= 11 is 5.88. The molecule has 136 valence electrons. The molecule has 0 spiro atoms. The van der Waals surface area contributed by atoms with Gasteiger partial charge in [0.05, 0.1) is 6.61 Å². The summed E-state index contributed by atoms with van der Waals surface area (Å²) < 4.78 is 10.5. The molecule has 1 aromatic rings. The van der Waals surface area contributed by atoms with E-state index in [-0.39, 0.29) is 12.4 Å². The van der Waals surface area contributed by atoms with Gasteiger partial charge in [0.25, 0.3) is 0 Å². The van der Waals surface area contributed by atoms with Gasteiger partial charge in [-0.2, -0.15) is 0 Å². The van der Waals surface area contributed by atoms with Crippen LogP contribution >= 0.6 is 11.6 Å². The molecule has 0 unspecified atom stereocenters. The number of Topliss-reactive ketones (excluding diaryl/α,β-unsaturated/α-hetero) is 1. The summed E-state index contributed by atoms with van der Waals surface area (Å²) in [6, 6.07) is 6.59. The number of hydrogen-bond acceptors (Lipinski definition) is 5. The molecule has 0 saturated carbocycles. The quantitative estimate of drug-likeness (QED) is 0.436. The Labute approximate surface area is 152 Å². The molecule has 1 aliphatic heterocycles. The van der Waals surface area contributed by atoms with Crippen LogP contribution in [0, 0.1) is 17.8 Å². The van der Waals surface area contributed by atoms with Gasteiger partial charge >= 0.3 is 11.9 Å². The third-order valence-electron chi connectivity index (χ3n) is 4.66. The van der Waals surface area contributed by atoms with Crippen molar-refractivity contribution in [1.29, 1.82) is 0 Å². The van der Waals surface area contributed by atoms with Crippen LogP contribution in [0.15, 0.2) is 24.3 Å². The Balaban J connectivity index is 2.40. The zero-order chi connectivity index (χ0) is 18.8. The van der Waals surface area contributed by atoms with E-state index in [9.17, 15) is 14.4 Å². The van der Waals surface area contributed by atoms with Gasteiger partial charge in [0.15, 0.2) is 11.7 Å². The number of ether oxygens (including phenoxy) is 2. The fraction of sp³-hybridized carbons (Fsp3) is 0.526. The van der Waals surface area contributed by atoms with Crippen LogP contribution in [0.4, 0.5) is 0 Å². The summed E-state index contributed by atoms with van der Waals surface area (Å²) in [6.45, 7) is 7.16. The molecule has 3 atom stereocenters. The van der Waals surface area contributed by atoms with E-state index < -0.39 is 35.3 Å². The summed E-state index contributed by atoms with van der Waals surface area (Å²) in [5.41, 5.74) is -0.439. The van der Waals surface area contributed by atoms with Crippen molar-refractivity contribution in [2.75, 3.05) is 6.61 Å². The molecule has 6 heteroatoms. The van der Waals surface area contributed by atoms with Crippen LogP contribution in [0.3, 0.4) is 0 Å². The van der Waals surface area contributed by atoms with E-state index in [1.165, 1.54) is 0 Å². The van der Waals surface area contributed by atoms with E-state index in [4.69, 9.17) is 21.1 Å². The predicted octanol–water partition coefficient (Wildman–Crippen LogP) is 3.68. The number of cyclic esters (lactones) is 1. The zero-order valence-corrected chi connectivity index (χ0v) is 15.6. The molecule has 25 heavy (non-hydrogen) atoms. The highest BCUT2D eigenvalue weighted by Crippen LogP contribution is 2.44. The first-order chi connectivity index (χ1) is 11.7. The van der Waals surface area contributed by atoms with E-state index in [0.717, 1.165) is 0 Å². The second-order valence-corrected chi connectivity index (χ2v) is 7.10. The summed E-state index contributed by atoms with van der Waals surface area (Å²) in [6.07, 6.45) is 0.474. The minimum Gasteiger partial charge on any atom is -0.465 e. The molecule has 0 amide bonds. The van der Waals surface area contributed by atoms with Gasteiger partial charge in [-0.05, 0) is 51.5 Å². The lowest BCUT2D eigenvalue weighted by molar-refractivity contribution is -0.157. The van der Waals surface area contributed by atoms with Crippen molar-refractivity contribution in [3.05, 3.63) is 34.9 Å². The molecule has 1 fully saturated rings. The average Bonchev–Trinajstić information content (AvgIpc) is 2.78. The van der Waals surface area contributed by atoms with Crippen LogP contribution in [0.2, 0.25) is 5.02 Å². The average molecular weight is 367 g/mol. The van der Waals surface area contributed by atoms with Crippen LogP contribution < -0.4 is 0 Å². The number of esters is 2. The van der Waals surface area contributed by atoms with Gasteiger partial charge in [0.2, 0.25) is 0 Å². The largest absolute Gasteiger partial charge is 0.465 e. The number of carbonyl (C=O) groups excluding carboxylic acids is 3. The van der Waals surface area contributed by atoms with E-state index in [1.54, 1.807) is 45.0 Å². The van der Waals surface area contributed by atoms with E-state index >= 15 is 0 Å². The predicted molar refractivity (Wildman–Crippen MR) is 93.3 cm³/mol. The standard InChI is InChI=1S/C19H23ClO5/c1-5-13(16(21)11-7-9-12(20)10-8-11)15-14(17(22)24-6-2)18(23)25-19(15,3)4/h7-10,13-15H,5-6H2,1-4H3/t13-,14-,15+/m0/s1. The maximum atomic E-state index is 13.0. The molecule has 1 saturated heterocycles. The van der Waals surface area contributed by atoms with Crippen LogP contribution in [-0.2, 0) is 19.1 Å².